The van der Waals surface area contributed by atoms with Gasteiger partial charge in [-0.1, -0.05) is 6.92 Å². The van der Waals surface area contributed by atoms with Crippen LogP contribution in [0.15, 0.2) is 23.2 Å². The fourth-order valence-electron chi connectivity index (χ4n) is 1.55. The number of hydrogen-bond acceptors (Lipinski definition) is 3. The molecule has 6 heteroatoms. The number of alkyl halides is 1. The normalized spacial score (nSPS) is 15.8. The molecule has 0 aliphatic rings. The Morgan fingerprint density at radius 3 is 2.44 bits per heavy atom. The summed E-state index contributed by atoms with van der Waals surface area (Å²) >= 11 is 6.03. The van der Waals surface area contributed by atoms with Crippen molar-refractivity contribution < 1.29 is 8.42 Å². The van der Waals surface area contributed by atoms with E-state index in [1.165, 1.54) is 12.3 Å². The van der Waals surface area contributed by atoms with E-state index in [1.54, 1.807) is 6.07 Å². The standard InChI is InChI=1S/C10H15ClN2O2S/c1-3-9(7(2)11)10-5-4-8(6-13-10)16(12,14)15/h4-7,9H,3H2,1-2H3,(H2,12,14,15). The van der Waals surface area contributed by atoms with Crippen molar-refractivity contribution in [1.29, 1.82) is 0 Å². The molecular formula is C10H15ClN2O2S. The van der Waals surface area contributed by atoms with E-state index in [4.69, 9.17) is 16.7 Å². The molecule has 0 aliphatic carbocycles. The minimum absolute atomic E-state index is 0.0216. The SMILES string of the molecule is CCC(c1ccc(S(N)(=O)=O)cn1)C(C)Cl. The van der Waals surface area contributed by atoms with Gasteiger partial charge in [0.2, 0.25) is 10.0 Å². The number of sulfonamides is 1. The van der Waals surface area contributed by atoms with Crippen LogP contribution >= 0.6 is 11.6 Å². The highest BCUT2D eigenvalue weighted by Gasteiger charge is 2.17. The van der Waals surface area contributed by atoms with Crippen LogP contribution in [0.3, 0.4) is 0 Å². The van der Waals surface area contributed by atoms with Gasteiger partial charge in [-0.2, -0.15) is 0 Å². The van der Waals surface area contributed by atoms with Gasteiger partial charge in [-0.25, -0.2) is 13.6 Å². The zero-order chi connectivity index (χ0) is 12.3. The highest BCUT2D eigenvalue weighted by molar-refractivity contribution is 7.89. The fraction of sp³-hybridized carbons (Fsp3) is 0.500. The van der Waals surface area contributed by atoms with Crippen LogP contribution in [-0.2, 0) is 10.0 Å². The lowest BCUT2D eigenvalue weighted by Crippen LogP contribution is -2.14. The van der Waals surface area contributed by atoms with E-state index in [9.17, 15) is 8.42 Å². The quantitative estimate of drug-likeness (QED) is 0.842. The molecule has 0 spiro atoms. The molecule has 1 aromatic rings. The Hall–Kier alpha value is -0.650. The maximum Gasteiger partial charge on any atom is 0.239 e. The molecule has 0 aromatic carbocycles. The van der Waals surface area contributed by atoms with Gasteiger partial charge in [0.15, 0.2) is 0 Å². The number of pyridine rings is 1. The molecule has 2 unspecified atom stereocenters. The Labute approximate surface area is 101 Å². The first kappa shape index (κ1) is 13.4. The van der Waals surface area contributed by atoms with Crippen molar-refractivity contribution >= 4 is 21.6 Å². The number of halogens is 1. The predicted octanol–water partition coefficient (Wildman–Crippen LogP) is 1.85. The maximum absolute atomic E-state index is 11.0. The first-order valence-electron chi connectivity index (χ1n) is 4.99. The van der Waals surface area contributed by atoms with Crippen LogP contribution in [0.5, 0.6) is 0 Å². The summed E-state index contributed by atoms with van der Waals surface area (Å²) in [6.45, 7) is 3.91. The predicted molar refractivity (Wildman–Crippen MR) is 64.0 cm³/mol. The van der Waals surface area contributed by atoms with Crippen molar-refractivity contribution in [3.63, 3.8) is 0 Å². The molecule has 0 radical (unpaired) electrons. The molecule has 90 valence electrons. The Morgan fingerprint density at radius 2 is 2.12 bits per heavy atom. The third-order valence-corrected chi connectivity index (χ3v) is 3.66. The van der Waals surface area contributed by atoms with Gasteiger partial charge in [0, 0.05) is 23.2 Å². The first-order valence-corrected chi connectivity index (χ1v) is 6.97. The van der Waals surface area contributed by atoms with Crippen LogP contribution in [-0.4, -0.2) is 18.8 Å². The molecule has 2 N–H and O–H groups in total. The van der Waals surface area contributed by atoms with Crippen molar-refractivity contribution in [2.75, 3.05) is 0 Å². The summed E-state index contributed by atoms with van der Waals surface area (Å²) in [7, 11) is -3.67. The minimum atomic E-state index is -3.67. The molecule has 1 aromatic heterocycles. The molecule has 16 heavy (non-hydrogen) atoms. The molecule has 0 aliphatic heterocycles. The number of primary sulfonamides is 1. The van der Waals surface area contributed by atoms with Crippen LogP contribution in [0.4, 0.5) is 0 Å². The van der Waals surface area contributed by atoms with Gasteiger partial charge in [0.05, 0.1) is 0 Å². The molecule has 1 rings (SSSR count). The van der Waals surface area contributed by atoms with Gasteiger partial charge in [0.25, 0.3) is 0 Å². The molecule has 0 bridgehead atoms. The summed E-state index contributed by atoms with van der Waals surface area (Å²) in [6.07, 6.45) is 2.12. The summed E-state index contributed by atoms with van der Waals surface area (Å²) in [5, 5.41) is 4.94. The average molecular weight is 263 g/mol. The Kier molecular flexibility index (Phi) is 4.29. The van der Waals surface area contributed by atoms with Gasteiger partial charge in [-0.3, -0.25) is 4.98 Å². The largest absolute Gasteiger partial charge is 0.260 e. The van der Waals surface area contributed by atoms with Crippen LogP contribution in [0.25, 0.3) is 0 Å². The van der Waals surface area contributed by atoms with Crippen LogP contribution in [0, 0.1) is 0 Å². The van der Waals surface area contributed by atoms with Gasteiger partial charge < -0.3 is 0 Å². The third-order valence-electron chi connectivity index (χ3n) is 2.46. The summed E-state index contributed by atoms with van der Waals surface area (Å²) in [6, 6.07) is 3.12. The second kappa shape index (κ2) is 5.12. The number of hydrogen-bond donors (Lipinski definition) is 1. The van der Waals surface area contributed by atoms with Crippen molar-refractivity contribution in [3.05, 3.63) is 24.0 Å². The lowest BCUT2D eigenvalue weighted by molar-refractivity contribution is 0.596. The first-order chi connectivity index (χ1) is 7.36. The van der Waals surface area contributed by atoms with E-state index in [0.717, 1.165) is 12.1 Å². The fourth-order valence-corrected chi connectivity index (χ4v) is 2.31. The van der Waals surface area contributed by atoms with E-state index >= 15 is 0 Å². The zero-order valence-corrected chi connectivity index (χ0v) is 10.8. The van der Waals surface area contributed by atoms with E-state index in [1.807, 2.05) is 13.8 Å². The number of rotatable bonds is 4. The molecule has 0 amide bonds. The van der Waals surface area contributed by atoms with E-state index in [-0.39, 0.29) is 16.2 Å². The zero-order valence-electron chi connectivity index (χ0n) is 9.22. The molecule has 2 atom stereocenters. The van der Waals surface area contributed by atoms with Crippen molar-refractivity contribution in [1.82, 2.24) is 4.98 Å². The van der Waals surface area contributed by atoms with E-state index < -0.39 is 10.0 Å². The smallest absolute Gasteiger partial charge is 0.239 e. The minimum Gasteiger partial charge on any atom is -0.260 e. The van der Waals surface area contributed by atoms with Gasteiger partial charge in [0.1, 0.15) is 4.90 Å². The summed E-state index contributed by atoms with van der Waals surface area (Å²) in [5.74, 6) is 0.121. The lowest BCUT2D eigenvalue weighted by atomic mass is 9.98. The maximum atomic E-state index is 11.0. The average Bonchev–Trinajstić information content (AvgIpc) is 2.17. The topological polar surface area (TPSA) is 73.1 Å². The van der Waals surface area contributed by atoms with Gasteiger partial charge in [-0.15, -0.1) is 11.6 Å². The van der Waals surface area contributed by atoms with Gasteiger partial charge in [-0.05, 0) is 25.5 Å². The Morgan fingerprint density at radius 1 is 1.50 bits per heavy atom. The van der Waals surface area contributed by atoms with Crippen LogP contribution < -0.4 is 5.14 Å². The summed E-state index contributed by atoms with van der Waals surface area (Å²) in [5.41, 5.74) is 0.789. The molecule has 0 saturated heterocycles. The molecule has 0 fully saturated rings. The van der Waals surface area contributed by atoms with Gasteiger partial charge >= 0.3 is 0 Å². The number of nitrogens with two attached hydrogens (primary N) is 1. The molecule has 1 heterocycles. The molecule has 0 saturated carbocycles. The highest BCUT2D eigenvalue weighted by atomic mass is 35.5. The van der Waals surface area contributed by atoms with Crippen molar-refractivity contribution in [3.8, 4) is 0 Å². The Bertz CT molecular complexity index is 442. The van der Waals surface area contributed by atoms with Crippen molar-refractivity contribution in [2.24, 2.45) is 5.14 Å². The summed E-state index contributed by atoms with van der Waals surface area (Å²) < 4.78 is 22.1. The molecule has 4 nitrogen and oxygen atoms in total. The molecular weight excluding hydrogens is 248 g/mol. The highest BCUT2D eigenvalue weighted by Crippen LogP contribution is 2.25. The summed E-state index contributed by atoms with van der Waals surface area (Å²) in [4.78, 5) is 4.12. The number of nitrogens with zero attached hydrogens (tertiary/aromatic N) is 1. The monoisotopic (exact) mass is 262 g/mol. The van der Waals surface area contributed by atoms with E-state index in [0.29, 0.717) is 0 Å². The van der Waals surface area contributed by atoms with E-state index in [2.05, 4.69) is 4.98 Å². The second-order valence-electron chi connectivity index (χ2n) is 3.66. The number of aromatic nitrogens is 1. The van der Waals surface area contributed by atoms with Crippen LogP contribution in [0.2, 0.25) is 0 Å². The second-order valence-corrected chi connectivity index (χ2v) is 5.91. The lowest BCUT2D eigenvalue weighted by Gasteiger charge is -2.16. The van der Waals surface area contributed by atoms with Crippen molar-refractivity contribution in [2.45, 2.75) is 36.5 Å². The third kappa shape index (κ3) is 3.17. The Balaban J connectivity index is 3.03. The van der Waals surface area contributed by atoms with Crippen LogP contribution in [0.1, 0.15) is 31.9 Å².